The highest BCUT2D eigenvalue weighted by molar-refractivity contribution is 7.08. The highest BCUT2D eigenvalue weighted by Crippen LogP contribution is 2.35. The molecule has 4 heteroatoms. The Kier molecular flexibility index (Phi) is 5.05. The van der Waals surface area contributed by atoms with E-state index in [1.54, 1.807) is 11.3 Å². The molecule has 1 N–H and O–H groups in total. The summed E-state index contributed by atoms with van der Waals surface area (Å²) in [4.78, 5) is 12.9. The second-order valence-electron chi connectivity index (χ2n) is 7.37. The number of para-hydroxylation sites is 1. The third kappa shape index (κ3) is 3.60. The molecule has 3 nitrogen and oxygen atoms in total. The van der Waals surface area contributed by atoms with E-state index in [1.807, 2.05) is 18.2 Å². The molecular weight excluding hydrogens is 364 g/mol. The van der Waals surface area contributed by atoms with Gasteiger partial charge in [-0.3, -0.25) is 4.79 Å². The van der Waals surface area contributed by atoms with E-state index in [1.165, 1.54) is 33.2 Å². The second-order valence-corrected chi connectivity index (χ2v) is 8.15. The van der Waals surface area contributed by atoms with Gasteiger partial charge in [-0.1, -0.05) is 24.3 Å². The fourth-order valence-electron chi connectivity index (χ4n) is 3.75. The van der Waals surface area contributed by atoms with E-state index in [9.17, 15) is 4.79 Å². The van der Waals surface area contributed by atoms with Gasteiger partial charge in [-0.2, -0.15) is 11.3 Å². The number of hydrogen-bond donors (Lipinski definition) is 1. The SMILES string of the molecule is Cc1ccc(NC(=O)CC(c2ccsc2)c2cn(C)c3ccccc23)cc1C. The van der Waals surface area contributed by atoms with Gasteiger partial charge in [-0.15, -0.1) is 0 Å². The summed E-state index contributed by atoms with van der Waals surface area (Å²) in [5.74, 6) is 0.0660. The van der Waals surface area contributed by atoms with Gasteiger partial charge in [-0.25, -0.2) is 0 Å². The van der Waals surface area contributed by atoms with E-state index in [-0.39, 0.29) is 11.8 Å². The number of aryl methyl sites for hydroxylation is 3. The largest absolute Gasteiger partial charge is 0.350 e. The molecule has 4 aromatic rings. The maximum Gasteiger partial charge on any atom is 0.225 e. The van der Waals surface area contributed by atoms with Gasteiger partial charge in [0.25, 0.3) is 0 Å². The van der Waals surface area contributed by atoms with Crippen LogP contribution in [0.15, 0.2) is 65.5 Å². The highest BCUT2D eigenvalue weighted by Gasteiger charge is 2.22. The Morgan fingerprint density at radius 2 is 1.93 bits per heavy atom. The van der Waals surface area contributed by atoms with Crippen LogP contribution in [0.2, 0.25) is 0 Å². The minimum atomic E-state index is 0.0314. The third-order valence-electron chi connectivity index (χ3n) is 5.43. The molecule has 0 saturated carbocycles. The topological polar surface area (TPSA) is 34.0 Å². The van der Waals surface area contributed by atoms with Crippen molar-refractivity contribution in [1.29, 1.82) is 0 Å². The molecule has 0 aliphatic carbocycles. The fourth-order valence-corrected chi connectivity index (χ4v) is 4.46. The number of thiophene rings is 1. The van der Waals surface area contributed by atoms with Gasteiger partial charge in [0, 0.05) is 42.2 Å². The zero-order chi connectivity index (χ0) is 19.7. The van der Waals surface area contributed by atoms with Gasteiger partial charge in [0.1, 0.15) is 0 Å². The first-order valence-corrected chi connectivity index (χ1v) is 10.4. The fraction of sp³-hybridized carbons (Fsp3) is 0.208. The number of nitrogens with one attached hydrogen (secondary N) is 1. The molecular formula is C24H24N2OS. The van der Waals surface area contributed by atoms with Crippen molar-refractivity contribution >= 4 is 33.8 Å². The number of benzene rings is 2. The lowest BCUT2D eigenvalue weighted by Crippen LogP contribution is -2.16. The van der Waals surface area contributed by atoms with Gasteiger partial charge < -0.3 is 9.88 Å². The summed E-state index contributed by atoms with van der Waals surface area (Å²) in [6.07, 6.45) is 2.58. The average molecular weight is 389 g/mol. The van der Waals surface area contributed by atoms with Crippen molar-refractivity contribution in [2.24, 2.45) is 7.05 Å². The third-order valence-corrected chi connectivity index (χ3v) is 6.13. The van der Waals surface area contributed by atoms with Crippen LogP contribution in [-0.4, -0.2) is 10.5 Å². The molecule has 0 aliphatic rings. The van der Waals surface area contributed by atoms with Crippen molar-refractivity contribution in [2.45, 2.75) is 26.2 Å². The van der Waals surface area contributed by atoms with Crippen molar-refractivity contribution in [3.8, 4) is 0 Å². The lowest BCUT2D eigenvalue weighted by molar-refractivity contribution is -0.116. The lowest BCUT2D eigenvalue weighted by Gasteiger charge is -2.16. The molecule has 2 heterocycles. The van der Waals surface area contributed by atoms with Crippen LogP contribution >= 0.6 is 11.3 Å². The van der Waals surface area contributed by atoms with Gasteiger partial charge in [-0.05, 0) is 71.1 Å². The van der Waals surface area contributed by atoms with Crippen molar-refractivity contribution < 1.29 is 4.79 Å². The van der Waals surface area contributed by atoms with Crippen LogP contribution in [0.25, 0.3) is 10.9 Å². The lowest BCUT2D eigenvalue weighted by atomic mass is 9.89. The van der Waals surface area contributed by atoms with E-state index in [0.717, 1.165) is 5.69 Å². The summed E-state index contributed by atoms with van der Waals surface area (Å²) in [5, 5.41) is 8.52. The maximum absolute atomic E-state index is 12.9. The smallest absolute Gasteiger partial charge is 0.225 e. The molecule has 0 spiro atoms. The monoisotopic (exact) mass is 388 g/mol. The molecule has 0 bridgehead atoms. The van der Waals surface area contributed by atoms with Crippen LogP contribution in [0.3, 0.4) is 0 Å². The standard InChI is InChI=1S/C24H24N2OS/c1-16-8-9-19(12-17(16)2)25-24(27)13-21(18-10-11-28-15-18)22-14-26(3)23-7-5-4-6-20(22)23/h4-12,14-15,21H,13H2,1-3H3,(H,25,27). The molecule has 2 aromatic carbocycles. The molecule has 142 valence electrons. The molecule has 1 atom stereocenters. The summed E-state index contributed by atoms with van der Waals surface area (Å²) in [7, 11) is 2.06. The Hall–Kier alpha value is -2.85. The summed E-state index contributed by atoms with van der Waals surface area (Å²) < 4.78 is 2.14. The first-order chi connectivity index (χ1) is 13.5. The maximum atomic E-state index is 12.9. The van der Waals surface area contributed by atoms with Crippen molar-refractivity contribution in [3.05, 3.63) is 87.7 Å². The molecule has 1 unspecified atom stereocenters. The number of carbonyl (C=O) groups is 1. The van der Waals surface area contributed by atoms with Crippen LogP contribution in [0.1, 0.15) is 34.6 Å². The number of fused-ring (bicyclic) bond motifs is 1. The van der Waals surface area contributed by atoms with Crippen molar-refractivity contribution in [2.75, 3.05) is 5.32 Å². The summed E-state index contributed by atoms with van der Waals surface area (Å²) in [6.45, 7) is 4.14. The highest BCUT2D eigenvalue weighted by atomic mass is 32.1. The summed E-state index contributed by atoms with van der Waals surface area (Å²) >= 11 is 1.67. The van der Waals surface area contributed by atoms with Gasteiger partial charge >= 0.3 is 0 Å². The Morgan fingerprint density at radius 3 is 2.68 bits per heavy atom. The molecule has 2 aromatic heterocycles. The Bertz CT molecular complexity index is 1120. The number of aromatic nitrogens is 1. The van der Waals surface area contributed by atoms with Crippen LogP contribution < -0.4 is 5.32 Å². The van der Waals surface area contributed by atoms with Crippen molar-refractivity contribution in [3.63, 3.8) is 0 Å². The van der Waals surface area contributed by atoms with Crippen LogP contribution in [0, 0.1) is 13.8 Å². The second kappa shape index (κ2) is 7.64. The first kappa shape index (κ1) is 18.5. The number of anilines is 1. The molecule has 0 fully saturated rings. The van der Waals surface area contributed by atoms with E-state index in [2.05, 4.69) is 78.1 Å². The number of carbonyl (C=O) groups excluding carboxylic acids is 1. The Morgan fingerprint density at radius 1 is 1.11 bits per heavy atom. The minimum Gasteiger partial charge on any atom is -0.350 e. The quantitative estimate of drug-likeness (QED) is 0.446. The van der Waals surface area contributed by atoms with Crippen LogP contribution in [0.4, 0.5) is 5.69 Å². The van der Waals surface area contributed by atoms with Crippen molar-refractivity contribution in [1.82, 2.24) is 4.57 Å². The molecule has 28 heavy (non-hydrogen) atoms. The van der Waals surface area contributed by atoms with E-state index < -0.39 is 0 Å². The van der Waals surface area contributed by atoms with E-state index in [0.29, 0.717) is 6.42 Å². The minimum absolute atomic E-state index is 0.0314. The zero-order valence-corrected chi connectivity index (χ0v) is 17.2. The molecule has 0 saturated heterocycles. The zero-order valence-electron chi connectivity index (χ0n) is 16.4. The van der Waals surface area contributed by atoms with Crippen LogP contribution in [0.5, 0.6) is 0 Å². The van der Waals surface area contributed by atoms with Gasteiger partial charge in [0.2, 0.25) is 5.91 Å². The average Bonchev–Trinajstić information content (AvgIpc) is 3.32. The predicted molar refractivity (Wildman–Crippen MR) is 118 cm³/mol. The molecule has 0 radical (unpaired) electrons. The number of nitrogens with zero attached hydrogens (tertiary/aromatic N) is 1. The summed E-state index contributed by atoms with van der Waals surface area (Å²) in [6, 6.07) is 16.6. The molecule has 1 amide bonds. The molecule has 4 rings (SSSR count). The van der Waals surface area contributed by atoms with E-state index in [4.69, 9.17) is 0 Å². The van der Waals surface area contributed by atoms with Gasteiger partial charge in [0.15, 0.2) is 0 Å². The summed E-state index contributed by atoms with van der Waals surface area (Å²) in [5.41, 5.74) is 6.84. The van der Waals surface area contributed by atoms with Crippen LogP contribution in [-0.2, 0) is 11.8 Å². The predicted octanol–water partition coefficient (Wildman–Crippen LogP) is 6.02. The molecule has 0 aliphatic heterocycles. The Labute approximate surface area is 169 Å². The normalized spacial score (nSPS) is 12.2. The number of amides is 1. The van der Waals surface area contributed by atoms with E-state index >= 15 is 0 Å². The van der Waals surface area contributed by atoms with Gasteiger partial charge in [0.05, 0.1) is 0 Å². The first-order valence-electron chi connectivity index (χ1n) is 9.46. The Balaban J connectivity index is 1.65. The number of hydrogen-bond acceptors (Lipinski definition) is 2. The number of rotatable bonds is 5.